The van der Waals surface area contributed by atoms with Crippen molar-refractivity contribution in [3.05, 3.63) is 0 Å². The highest BCUT2D eigenvalue weighted by molar-refractivity contribution is 4.96. The normalized spacial score (nSPS) is 36.2. The van der Waals surface area contributed by atoms with Crippen molar-refractivity contribution in [2.45, 2.75) is 31.7 Å². The molecule has 4 heteroatoms. The lowest BCUT2D eigenvalue weighted by Crippen LogP contribution is -2.52. The fourth-order valence-corrected chi connectivity index (χ4v) is 4.34. The first kappa shape index (κ1) is 13.8. The summed E-state index contributed by atoms with van der Waals surface area (Å²) in [5, 5.41) is 8.67. The molecular formula is C15H28N2O2. The molecule has 110 valence electrons. The van der Waals surface area contributed by atoms with Crippen LogP contribution in [0.1, 0.15) is 25.7 Å². The molecule has 3 atom stereocenters. The molecular weight excluding hydrogens is 240 g/mol. The lowest BCUT2D eigenvalue weighted by molar-refractivity contribution is 0.0397. The molecule has 0 aromatic rings. The number of ether oxygens (including phenoxy) is 1. The van der Waals surface area contributed by atoms with Crippen LogP contribution in [-0.2, 0) is 4.74 Å². The Labute approximate surface area is 116 Å². The Kier molecular flexibility index (Phi) is 4.74. The monoisotopic (exact) mass is 268 g/mol. The van der Waals surface area contributed by atoms with Crippen LogP contribution in [0.25, 0.3) is 0 Å². The van der Waals surface area contributed by atoms with Gasteiger partial charge in [-0.15, -0.1) is 0 Å². The summed E-state index contributed by atoms with van der Waals surface area (Å²) in [5.41, 5.74) is 0. The standard InChI is InChI=1S/C15H28N2O2/c18-8-10-19-9-7-16-3-5-17(6-4-16)15-12-13-1-2-14(15)11-13/h13-15,18H,1-12H2/t13-,14-,15+/m0/s1. The van der Waals surface area contributed by atoms with Crippen molar-refractivity contribution in [3.8, 4) is 0 Å². The molecule has 0 amide bonds. The summed E-state index contributed by atoms with van der Waals surface area (Å²) >= 11 is 0. The fraction of sp³-hybridized carbons (Fsp3) is 1.00. The first-order valence-corrected chi connectivity index (χ1v) is 8.02. The van der Waals surface area contributed by atoms with Gasteiger partial charge in [0.2, 0.25) is 0 Å². The average Bonchev–Trinajstić information content (AvgIpc) is 3.07. The van der Waals surface area contributed by atoms with Crippen molar-refractivity contribution in [1.29, 1.82) is 0 Å². The Morgan fingerprint density at radius 1 is 1.00 bits per heavy atom. The number of piperazine rings is 1. The third-order valence-electron chi connectivity index (χ3n) is 5.36. The van der Waals surface area contributed by atoms with Crippen LogP contribution >= 0.6 is 0 Å². The van der Waals surface area contributed by atoms with Crippen LogP contribution in [0.15, 0.2) is 0 Å². The van der Waals surface area contributed by atoms with E-state index in [9.17, 15) is 0 Å². The van der Waals surface area contributed by atoms with Crippen LogP contribution in [0.4, 0.5) is 0 Å². The van der Waals surface area contributed by atoms with Gasteiger partial charge in [-0.2, -0.15) is 0 Å². The summed E-state index contributed by atoms with van der Waals surface area (Å²) in [6.45, 7) is 7.26. The molecule has 0 aromatic carbocycles. The van der Waals surface area contributed by atoms with Gasteiger partial charge in [-0.05, 0) is 31.1 Å². The molecule has 2 aliphatic carbocycles. The van der Waals surface area contributed by atoms with Crippen molar-refractivity contribution in [2.24, 2.45) is 11.8 Å². The van der Waals surface area contributed by atoms with Gasteiger partial charge in [-0.25, -0.2) is 0 Å². The summed E-state index contributed by atoms with van der Waals surface area (Å²) in [5.74, 6) is 2.07. The average molecular weight is 268 g/mol. The van der Waals surface area contributed by atoms with E-state index in [1.165, 1.54) is 51.9 Å². The number of aliphatic hydroxyl groups is 1. The largest absolute Gasteiger partial charge is 0.394 e. The topological polar surface area (TPSA) is 35.9 Å². The number of rotatable bonds is 6. The van der Waals surface area contributed by atoms with Gasteiger partial charge >= 0.3 is 0 Å². The highest BCUT2D eigenvalue weighted by Gasteiger charge is 2.42. The first-order valence-electron chi connectivity index (χ1n) is 8.02. The number of aliphatic hydroxyl groups excluding tert-OH is 1. The maximum Gasteiger partial charge on any atom is 0.0698 e. The summed E-state index contributed by atoms with van der Waals surface area (Å²) < 4.78 is 5.35. The molecule has 4 nitrogen and oxygen atoms in total. The summed E-state index contributed by atoms with van der Waals surface area (Å²) in [7, 11) is 0. The van der Waals surface area contributed by atoms with Gasteiger partial charge in [0.05, 0.1) is 19.8 Å². The molecule has 0 aromatic heterocycles. The lowest BCUT2D eigenvalue weighted by atomic mass is 9.93. The smallest absolute Gasteiger partial charge is 0.0698 e. The molecule has 1 saturated heterocycles. The first-order chi connectivity index (χ1) is 9.36. The van der Waals surface area contributed by atoms with Crippen molar-refractivity contribution in [1.82, 2.24) is 9.80 Å². The number of hydrogen-bond donors (Lipinski definition) is 1. The predicted octanol–water partition coefficient (Wildman–Crippen LogP) is 0.802. The van der Waals surface area contributed by atoms with Gasteiger partial charge in [-0.3, -0.25) is 9.80 Å². The van der Waals surface area contributed by atoms with Crippen LogP contribution in [0, 0.1) is 11.8 Å². The van der Waals surface area contributed by atoms with Crippen molar-refractivity contribution < 1.29 is 9.84 Å². The lowest BCUT2D eigenvalue weighted by Gasteiger charge is -2.41. The molecule has 0 spiro atoms. The molecule has 1 aliphatic heterocycles. The Morgan fingerprint density at radius 3 is 2.47 bits per heavy atom. The van der Waals surface area contributed by atoms with Crippen molar-refractivity contribution in [2.75, 3.05) is 52.5 Å². The van der Waals surface area contributed by atoms with E-state index in [4.69, 9.17) is 9.84 Å². The molecule has 3 fully saturated rings. The quantitative estimate of drug-likeness (QED) is 0.723. The number of fused-ring (bicyclic) bond motifs is 2. The Balaban J connectivity index is 1.35. The van der Waals surface area contributed by atoms with Crippen LogP contribution in [-0.4, -0.2) is 73.5 Å². The van der Waals surface area contributed by atoms with Crippen LogP contribution < -0.4 is 0 Å². The third kappa shape index (κ3) is 3.30. The van der Waals surface area contributed by atoms with Gasteiger partial charge in [0.25, 0.3) is 0 Å². The zero-order valence-corrected chi connectivity index (χ0v) is 12.0. The molecule has 0 radical (unpaired) electrons. The highest BCUT2D eigenvalue weighted by Crippen LogP contribution is 2.46. The van der Waals surface area contributed by atoms with Crippen LogP contribution in [0.2, 0.25) is 0 Å². The SMILES string of the molecule is OCCOCCN1CCN([C@@H]2C[C@H]3CC[C@H]2C3)CC1. The van der Waals surface area contributed by atoms with Gasteiger partial charge in [0.15, 0.2) is 0 Å². The molecule has 1 heterocycles. The minimum atomic E-state index is 0.137. The molecule has 1 N–H and O–H groups in total. The zero-order valence-electron chi connectivity index (χ0n) is 12.0. The van der Waals surface area contributed by atoms with Gasteiger partial charge in [-0.1, -0.05) is 6.42 Å². The second-order valence-corrected chi connectivity index (χ2v) is 6.46. The minimum absolute atomic E-state index is 0.137. The predicted molar refractivity (Wildman–Crippen MR) is 75.2 cm³/mol. The maximum atomic E-state index is 8.67. The zero-order chi connectivity index (χ0) is 13.1. The van der Waals surface area contributed by atoms with Crippen LogP contribution in [0.3, 0.4) is 0 Å². The Hall–Kier alpha value is -0.160. The summed E-state index contributed by atoms with van der Waals surface area (Å²) in [6.07, 6.45) is 5.98. The number of nitrogens with zero attached hydrogens (tertiary/aromatic N) is 2. The summed E-state index contributed by atoms with van der Waals surface area (Å²) in [4.78, 5) is 5.26. The Morgan fingerprint density at radius 2 is 1.84 bits per heavy atom. The van der Waals surface area contributed by atoms with Crippen LogP contribution in [0.5, 0.6) is 0 Å². The van der Waals surface area contributed by atoms with Gasteiger partial charge in [0, 0.05) is 38.8 Å². The maximum absolute atomic E-state index is 8.67. The molecule has 19 heavy (non-hydrogen) atoms. The van der Waals surface area contributed by atoms with Gasteiger partial charge in [0.1, 0.15) is 0 Å². The van der Waals surface area contributed by atoms with E-state index in [0.717, 1.165) is 31.0 Å². The second-order valence-electron chi connectivity index (χ2n) is 6.46. The Bertz CT molecular complexity index is 279. The molecule has 2 saturated carbocycles. The highest BCUT2D eigenvalue weighted by atomic mass is 16.5. The van der Waals surface area contributed by atoms with Crippen molar-refractivity contribution >= 4 is 0 Å². The summed E-state index contributed by atoms with van der Waals surface area (Å²) in [6, 6.07) is 0.909. The van der Waals surface area contributed by atoms with E-state index < -0.39 is 0 Å². The van der Waals surface area contributed by atoms with E-state index in [2.05, 4.69) is 9.80 Å². The second kappa shape index (κ2) is 6.53. The van der Waals surface area contributed by atoms with Crippen molar-refractivity contribution in [3.63, 3.8) is 0 Å². The van der Waals surface area contributed by atoms with E-state index >= 15 is 0 Å². The van der Waals surface area contributed by atoms with E-state index in [1.54, 1.807) is 0 Å². The fourth-order valence-electron chi connectivity index (χ4n) is 4.34. The molecule has 0 unspecified atom stereocenters. The third-order valence-corrected chi connectivity index (χ3v) is 5.36. The van der Waals surface area contributed by atoms with E-state index in [1.807, 2.05) is 0 Å². The molecule has 3 aliphatic rings. The number of hydrogen-bond acceptors (Lipinski definition) is 4. The minimum Gasteiger partial charge on any atom is -0.394 e. The van der Waals surface area contributed by atoms with Gasteiger partial charge < -0.3 is 9.84 Å². The molecule has 3 rings (SSSR count). The van der Waals surface area contributed by atoms with E-state index in [0.29, 0.717) is 6.61 Å². The van der Waals surface area contributed by atoms with E-state index in [-0.39, 0.29) is 6.61 Å². The molecule has 2 bridgehead atoms.